The molecule has 1 aliphatic rings. The highest BCUT2D eigenvalue weighted by molar-refractivity contribution is 6.27. The molecule has 35 heavy (non-hydrogen) atoms. The molecule has 1 saturated heterocycles. The van der Waals surface area contributed by atoms with Crippen molar-refractivity contribution in [1.29, 1.82) is 0 Å². The predicted molar refractivity (Wildman–Crippen MR) is 125 cm³/mol. The summed E-state index contributed by atoms with van der Waals surface area (Å²) >= 11 is 0. The number of nitro benzene ring substituents is 1. The molecule has 2 aromatic rings. The Labute approximate surface area is 202 Å². The molecule has 2 aromatic carbocycles. The zero-order chi connectivity index (χ0) is 26.0. The van der Waals surface area contributed by atoms with E-state index in [2.05, 4.69) is 9.80 Å². The first-order valence-corrected chi connectivity index (χ1v) is 10.6. The van der Waals surface area contributed by atoms with Gasteiger partial charge >= 0.3 is 11.9 Å². The summed E-state index contributed by atoms with van der Waals surface area (Å²) in [6.07, 6.45) is 0. The lowest BCUT2D eigenvalue weighted by atomic mass is 10.1. The number of aliphatic carboxylic acids is 2. The van der Waals surface area contributed by atoms with Gasteiger partial charge < -0.3 is 24.4 Å². The molecule has 0 bridgehead atoms. The summed E-state index contributed by atoms with van der Waals surface area (Å²) < 4.78 is 16.3. The van der Waals surface area contributed by atoms with E-state index in [9.17, 15) is 10.1 Å². The quantitative estimate of drug-likeness (QED) is 0.317. The van der Waals surface area contributed by atoms with Crippen molar-refractivity contribution in [3.63, 3.8) is 0 Å². The number of benzene rings is 2. The Bertz CT molecular complexity index is 1020. The monoisotopic (exact) mass is 491 g/mol. The van der Waals surface area contributed by atoms with E-state index in [-0.39, 0.29) is 10.6 Å². The number of nitro groups is 1. The number of nitrogens with zero attached hydrogens (tertiary/aromatic N) is 3. The smallest absolute Gasteiger partial charge is 0.414 e. The predicted octanol–water partition coefficient (Wildman–Crippen LogP) is 2.09. The van der Waals surface area contributed by atoms with Crippen molar-refractivity contribution in [1.82, 2.24) is 9.80 Å². The Morgan fingerprint density at radius 3 is 1.74 bits per heavy atom. The van der Waals surface area contributed by atoms with E-state index in [1.165, 1.54) is 0 Å². The maximum absolute atomic E-state index is 11.2. The van der Waals surface area contributed by atoms with Crippen LogP contribution in [0.2, 0.25) is 0 Å². The van der Waals surface area contributed by atoms with Crippen LogP contribution in [-0.2, 0) is 22.7 Å². The number of piperazine rings is 1. The molecule has 1 heterocycles. The number of ether oxygens (including phenoxy) is 3. The minimum Gasteiger partial charge on any atom is -0.496 e. The number of para-hydroxylation sites is 1. The molecular formula is C23H29N3O9. The van der Waals surface area contributed by atoms with Crippen LogP contribution in [0, 0.1) is 10.1 Å². The zero-order valence-corrected chi connectivity index (χ0v) is 19.8. The van der Waals surface area contributed by atoms with Crippen LogP contribution in [0.4, 0.5) is 5.69 Å². The van der Waals surface area contributed by atoms with E-state index in [4.69, 9.17) is 34.0 Å². The minimum absolute atomic E-state index is 0.185. The first kappa shape index (κ1) is 27.3. The van der Waals surface area contributed by atoms with Crippen LogP contribution in [0.15, 0.2) is 36.4 Å². The molecule has 0 saturated carbocycles. The lowest BCUT2D eigenvalue weighted by molar-refractivity contribution is -0.385. The highest BCUT2D eigenvalue weighted by Gasteiger charge is 2.22. The minimum atomic E-state index is -1.82. The number of hydrogen-bond acceptors (Lipinski definition) is 9. The molecule has 0 amide bonds. The molecule has 0 atom stereocenters. The topological polar surface area (TPSA) is 152 Å². The number of carbonyl (C=O) groups is 2. The maximum Gasteiger partial charge on any atom is 0.414 e. The number of carboxylic acids is 2. The van der Waals surface area contributed by atoms with Gasteiger partial charge in [0, 0.05) is 62.5 Å². The molecule has 2 N–H and O–H groups in total. The summed E-state index contributed by atoms with van der Waals surface area (Å²) in [6, 6.07) is 10.8. The number of rotatable bonds is 8. The molecular weight excluding hydrogens is 462 g/mol. The molecule has 190 valence electrons. The third-order valence-electron chi connectivity index (χ3n) is 5.41. The van der Waals surface area contributed by atoms with Gasteiger partial charge in [0.25, 0.3) is 5.69 Å². The number of carboxylic acid groups (broad SMARTS) is 2. The Morgan fingerprint density at radius 1 is 0.829 bits per heavy atom. The van der Waals surface area contributed by atoms with E-state index in [1.54, 1.807) is 33.5 Å². The Kier molecular flexibility index (Phi) is 10.2. The lowest BCUT2D eigenvalue weighted by Gasteiger charge is -2.35. The van der Waals surface area contributed by atoms with Gasteiger partial charge in [-0.15, -0.1) is 0 Å². The molecule has 3 rings (SSSR count). The fraction of sp³-hybridized carbons (Fsp3) is 0.391. The average molecular weight is 491 g/mol. The summed E-state index contributed by atoms with van der Waals surface area (Å²) in [5.41, 5.74) is 1.98. The van der Waals surface area contributed by atoms with Crippen LogP contribution in [-0.4, -0.2) is 84.4 Å². The molecule has 12 nitrogen and oxygen atoms in total. The number of hydrogen-bond donors (Lipinski definition) is 2. The third-order valence-corrected chi connectivity index (χ3v) is 5.41. The summed E-state index contributed by atoms with van der Waals surface area (Å²) in [5, 5.41) is 26.0. The van der Waals surface area contributed by atoms with Gasteiger partial charge in [-0.1, -0.05) is 18.2 Å². The molecule has 0 radical (unpaired) electrons. The summed E-state index contributed by atoms with van der Waals surface area (Å²) in [7, 11) is 4.87. The fourth-order valence-electron chi connectivity index (χ4n) is 3.63. The number of methoxy groups -OCH3 is 3. The van der Waals surface area contributed by atoms with Gasteiger partial charge in [0.1, 0.15) is 5.75 Å². The SMILES string of the molecule is COc1cc(OC)c(OC)cc1CN1CCN(Cc2ccccc2[N+](=O)[O-])CC1.O=C(O)C(=O)O. The molecule has 1 aliphatic heterocycles. The van der Waals surface area contributed by atoms with Gasteiger partial charge in [-0.3, -0.25) is 19.9 Å². The van der Waals surface area contributed by atoms with Crippen molar-refractivity contribution in [2.45, 2.75) is 13.1 Å². The van der Waals surface area contributed by atoms with Crippen LogP contribution in [0.25, 0.3) is 0 Å². The second kappa shape index (κ2) is 13.1. The molecule has 1 fully saturated rings. The molecule has 0 aliphatic carbocycles. The Hall–Kier alpha value is -3.90. The Morgan fingerprint density at radius 2 is 1.29 bits per heavy atom. The van der Waals surface area contributed by atoms with E-state index < -0.39 is 11.9 Å². The molecule has 0 aromatic heterocycles. The molecule has 0 spiro atoms. The maximum atomic E-state index is 11.2. The van der Waals surface area contributed by atoms with Crippen LogP contribution >= 0.6 is 0 Å². The largest absolute Gasteiger partial charge is 0.496 e. The second-order valence-corrected chi connectivity index (χ2v) is 7.57. The van der Waals surface area contributed by atoms with Crippen molar-refractivity contribution in [2.24, 2.45) is 0 Å². The second-order valence-electron chi connectivity index (χ2n) is 7.57. The molecule has 12 heteroatoms. The fourth-order valence-corrected chi connectivity index (χ4v) is 3.63. The first-order chi connectivity index (χ1) is 16.7. The van der Waals surface area contributed by atoms with E-state index >= 15 is 0 Å². The zero-order valence-electron chi connectivity index (χ0n) is 19.8. The normalized spacial score (nSPS) is 13.8. The van der Waals surface area contributed by atoms with Crippen LogP contribution in [0.3, 0.4) is 0 Å². The Balaban J connectivity index is 0.000000641. The average Bonchev–Trinajstić information content (AvgIpc) is 2.85. The van der Waals surface area contributed by atoms with Crippen molar-refractivity contribution in [3.05, 3.63) is 57.6 Å². The van der Waals surface area contributed by atoms with E-state index in [0.29, 0.717) is 18.0 Å². The standard InChI is InChI=1S/C21H27N3O5.C2H2O4/c1-27-19-13-21(29-3)20(28-2)12-17(19)15-23-10-8-22(9-11-23)14-16-6-4-5-7-18(16)24(25)26;3-1(4)2(5)6/h4-7,12-13H,8-11,14-15H2,1-3H3;(H,3,4)(H,5,6). The molecule has 0 unspecified atom stereocenters. The van der Waals surface area contributed by atoms with Gasteiger partial charge in [0.05, 0.1) is 26.3 Å². The van der Waals surface area contributed by atoms with Crippen molar-refractivity contribution in [2.75, 3.05) is 47.5 Å². The van der Waals surface area contributed by atoms with Crippen LogP contribution < -0.4 is 14.2 Å². The van der Waals surface area contributed by atoms with Gasteiger partial charge in [0.2, 0.25) is 0 Å². The summed E-state index contributed by atoms with van der Waals surface area (Å²) in [4.78, 5) is 33.7. The van der Waals surface area contributed by atoms with Crippen LogP contribution in [0.5, 0.6) is 17.2 Å². The van der Waals surface area contributed by atoms with E-state index in [0.717, 1.165) is 49.6 Å². The van der Waals surface area contributed by atoms with E-state index in [1.807, 2.05) is 24.3 Å². The van der Waals surface area contributed by atoms with Gasteiger partial charge in [-0.25, -0.2) is 9.59 Å². The van der Waals surface area contributed by atoms with Crippen molar-refractivity contribution in [3.8, 4) is 17.2 Å². The summed E-state index contributed by atoms with van der Waals surface area (Å²) in [5.74, 6) is -1.56. The van der Waals surface area contributed by atoms with Crippen molar-refractivity contribution < 1.29 is 38.9 Å². The van der Waals surface area contributed by atoms with Gasteiger partial charge in [-0.2, -0.15) is 0 Å². The highest BCUT2D eigenvalue weighted by Crippen LogP contribution is 2.35. The van der Waals surface area contributed by atoms with Crippen molar-refractivity contribution >= 4 is 17.6 Å². The lowest BCUT2D eigenvalue weighted by Crippen LogP contribution is -2.45. The summed E-state index contributed by atoms with van der Waals surface area (Å²) in [6.45, 7) is 4.77. The van der Waals surface area contributed by atoms with Crippen LogP contribution in [0.1, 0.15) is 11.1 Å². The third kappa shape index (κ3) is 7.83. The van der Waals surface area contributed by atoms with Gasteiger partial charge in [-0.05, 0) is 6.07 Å². The van der Waals surface area contributed by atoms with Gasteiger partial charge in [0.15, 0.2) is 11.5 Å². The highest BCUT2D eigenvalue weighted by atomic mass is 16.6. The first-order valence-electron chi connectivity index (χ1n) is 10.6.